The maximum Gasteiger partial charge on any atom is 0.328 e. The first-order valence-electron chi connectivity index (χ1n) is 15.5. The lowest BCUT2D eigenvalue weighted by Gasteiger charge is -2.02. The van der Waals surface area contributed by atoms with Crippen molar-refractivity contribution in [1.82, 2.24) is 0 Å². The van der Waals surface area contributed by atoms with E-state index in [1.54, 1.807) is 6.08 Å². The molecule has 0 atom stereocenters. The van der Waals surface area contributed by atoms with E-state index in [4.69, 9.17) is 10.2 Å². The molecule has 0 aliphatic carbocycles. The summed E-state index contributed by atoms with van der Waals surface area (Å²) in [6.07, 6.45) is 39.6. The van der Waals surface area contributed by atoms with Gasteiger partial charge in [-0.3, -0.25) is 4.79 Å². The Morgan fingerprint density at radius 1 is 0.486 bits per heavy atom. The van der Waals surface area contributed by atoms with Gasteiger partial charge in [-0.05, 0) is 19.3 Å². The SMILES string of the molecule is CCCCCCCCCC=CC=CC=CC(=O)O.CCCCCCCCCCCCCCCCC(=O)O. The van der Waals surface area contributed by atoms with Gasteiger partial charge in [-0.25, -0.2) is 4.79 Å². The zero-order chi connectivity index (χ0) is 27.7. The Labute approximate surface area is 229 Å². The first-order chi connectivity index (χ1) is 18.0. The molecule has 0 fully saturated rings. The van der Waals surface area contributed by atoms with E-state index < -0.39 is 11.9 Å². The minimum atomic E-state index is -0.910. The molecule has 4 heteroatoms. The van der Waals surface area contributed by atoms with Crippen LogP contribution in [0, 0.1) is 0 Å². The molecule has 37 heavy (non-hydrogen) atoms. The molecule has 0 aliphatic rings. The first kappa shape index (κ1) is 37.3. The Morgan fingerprint density at radius 3 is 1.27 bits per heavy atom. The quantitative estimate of drug-likeness (QED) is 0.0675. The highest BCUT2D eigenvalue weighted by Gasteiger charge is 1.97. The smallest absolute Gasteiger partial charge is 0.328 e. The van der Waals surface area contributed by atoms with Gasteiger partial charge < -0.3 is 10.2 Å². The second-order valence-electron chi connectivity index (χ2n) is 10.2. The topological polar surface area (TPSA) is 74.6 Å². The molecule has 0 bridgehead atoms. The average molecular weight is 521 g/mol. The van der Waals surface area contributed by atoms with Gasteiger partial charge in [0, 0.05) is 12.5 Å². The van der Waals surface area contributed by atoms with Gasteiger partial charge in [0.2, 0.25) is 0 Å². The van der Waals surface area contributed by atoms with E-state index in [0.29, 0.717) is 6.42 Å². The summed E-state index contributed by atoms with van der Waals surface area (Å²) in [6.45, 7) is 4.51. The van der Waals surface area contributed by atoms with Crippen LogP contribution < -0.4 is 0 Å². The van der Waals surface area contributed by atoms with Crippen molar-refractivity contribution in [2.75, 3.05) is 0 Å². The highest BCUT2D eigenvalue weighted by molar-refractivity contribution is 5.80. The monoisotopic (exact) mass is 520 g/mol. The summed E-state index contributed by atoms with van der Waals surface area (Å²) in [5, 5.41) is 16.9. The van der Waals surface area contributed by atoms with Crippen LogP contribution in [-0.2, 0) is 9.59 Å². The summed E-state index contributed by atoms with van der Waals surface area (Å²) >= 11 is 0. The zero-order valence-corrected chi connectivity index (χ0v) is 24.4. The van der Waals surface area contributed by atoms with Crippen LogP contribution in [-0.4, -0.2) is 22.2 Å². The lowest BCUT2D eigenvalue weighted by Crippen LogP contribution is -1.93. The van der Waals surface area contributed by atoms with Gasteiger partial charge in [0.15, 0.2) is 0 Å². The van der Waals surface area contributed by atoms with Crippen molar-refractivity contribution < 1.29 is 19.8 Å². The van der Waals surface area contributed by atoms with Crippen LogP contribution in [0.25, 0.3) is 0 Å². The summed E-state index contributed by atoms with van der Waals surface area (Å²) in [6, 6.07) is 0. The summed E-state index contributed by atoms with van der Waals surface area (Å²) in [7, 11) is 0. The normalized spacial score (nSPS) is 11.4. The standard InChI is InChI=1S/C17H34O2.C16H26O2/c1-2-3-4-5-6-7-8-9-10-11-12-13-14-15-16-17(18)19;1-2-3-4-5-6-7-8-9-10-11-12-13-14-15-16(17)18/h2-16H2,1H3,(H,18,19);10-15H,2-9H2,1H3,(H,17,18). The minimum Gasteiger partial charge on any atom is -0.481 e. The van der Waals surface area contributed by atoms with Crippen LogP contribution in [0.1, 0.15) is 162 Å². The van der Waals surface area contributed by atoms with Crippen molar-refractivity contribution in [1.29, 1.82) is 0 Å². The Balaban J connectivity index is 0. The van der Waals surface area contributed by atoms with E-state index in [1.807, 2.05) is 12.2 Å². The van der Waals surface area contributed by atoms with Gasteiger partial charge in [-0.15, -0.1) is 0 Å². The predicted molar refractivity (Wildman–Crippen MR) is 160 cm³/mol. The Hall–Kier alpha value is -1.84. The Morgan fingerprint density at radius 2 is 0.865 bits per heavy atom. The highest BCUT2D eigenvalue weighted by Crippen LogP contribution is 2.13. The van der Waals surface area contributed by atoms with Crippen molar-refractivity contribution in [2.24, 2.45) is 0 Å². The summed E-state index contributed by atoms with van der Waals surface area (Å²) in [5.74, 6) is -1.56. The van der Waals surface area contributed by atoms with Gasteiger partial charge in [-0.1, -0.05) is 166 Å². The molecule has 0 spiro atoms. The van der Waals surface area contributed by atoms with Gasteiger partial charge in [0.25, 0.3) is 0 Å². The van der Waals surface area contributed by atoms with Gasteiger partial charge >= 0.3 is 11.9 Å². The van der Waals surface area contributed by atoms with E-state index in [-0.39, 0.29) is 0 Å². The second kappa shape index (κ2) is 34.2. The summed E-state index contributed by atoms with van der Waals surface area (Å²) in [5.41, 5.74) is 0. The molecule has 0 saturated heterocycles. The number of unbranched alkanes of at least 4 members (excludes halogenated alkanes) is 20. The highest BCUT2D eigenvalue weighted by atomic mass is 16.4. The van der Waals surface area contributed by atoms with E-state index >= 15 is 0 Å². The van der Waals surface area contributed by atoms with Crippen molar-refractivity contribution in [3.05, 3.63) is 36.5 Å². The van der Waals surface area contributed by atoms with Gasteiger partial charge in [0.1, 0.15) is 0 Å². The number of carbonyl (C=O) groups is 2. The van der Waals surface area contributed by atoms with Crippen LogP contribution in [0.5, 0.6) is 0 Å². The molecule has 0 rings (SSSR count). The van der Waals surface area contributed by atoms with Crippen molar-refractivity contribution in [3.63, 3.8) is 0 Å². The second-order valence-corrected chi connectivity index (χ2v) is 10.2. The predicted octanol–water partition coefficient (Wildman–Crippen LogP) is 10.8. The van der Waals surface area contributed by atoms with Crippen LogP contribution in [0.15, 0.2) is 36.5 Å². The third-order valence-electron chi connectivity index (χ3n) is 6.43. The van der Waals surface area contributed by atoms with E-state index in [2.05, 4.69) is 19.9 Å². The van der Waals surface area contributed by atoms with Gasteiger partial charge in [-0.2, -0.15) is 0 Å². The van der Waals surface area contributed by atoms with Crippen molar-refractivity contribution in [2.45, 2.75) is 162 Å². The molecule has 2 N–H and O–H groups in total. The molecule has 4 nitrogen and oxygen atoms in total. The number of aliphatic carboxylic acids is 2. The van der Waals surface area contributed by atoms with Gasteiger partial charge in [0.05, 0.1) is 0 Å². The Bertz CT molecular complexity index is 563. The van der Waals surface area contributed by atoms with E-state index in [9.17, 15) is 9.59 Å². The number of rotatable bonds is 26. The lowest BCUT2D eigenvalue weighted by atomic mass is 10.0. The maximum absolute atomic E-state index is 10.3. The van der Waals surface area contributed by atoms with Crippen LogP contribution in [0.2, 0.25) is 0 Å². The zero-order valence-electron chi connectivity index (χ0n) is 24.4. The number of carboxylic acid groups (broad SMARTS) is 2. The molecule has 0 aromatic rings. The van der Waals surface area contributed by atoms with E-state index in [1.165, 1.54) is 128 Å². The summed E-state index contributed by atoms with van der Waals surface area (Å²) < 4.78 is 0. The fourth-order valence-corrected chi connectivity index (χ4v) is 4.13. The fraction of sp³-hybridized carbons (Fsp3) is 0.758. The van der Waals surface area contributed by atoms with Crippen LogP contribution >= 0.6 is 0 Å². The van der Waals surface area contributed by atoms with Crippen LogP contribution in [0.3, 0.4) is 0 Å². The fourth-order valence-electron chi connectivity index (χ4n) is 4.13. The molecule has 0 heterocycles. The molecule has 0 aliphatic heterocycles. The number of allylic oxidation sites excluding steroid dienone is 5. The Kier molecular flexibility index (Phi) is 34.4. The molecule has 216 valence electrons. The third kappa shape index (κ3) is 41.6. The number of carboxylic acids is 2. The third-order valence-corrected chi connectivity index (χ3v) is 6.43. The molecule has 0 saturated carbocycles. The summed E-state index contributed by atoms with van der Waals surface area (Å²) in [4.78, 5) is 20.5. The molecular weight excluding hydrogens is 460 g/mol. The largest absolute Gasteiger partial charge is 0.481 e. The molecule has 0 unspecified atom stereocenters. The van der Waals surface area contributed by atoms with Crippen molar-refractivity contribution in [3.8, 4) is 0 Å². The molecule has 0 aromatic heterocycles. The first-order valence-corrected chi connectivity index (χ1v) is 15.5. The van der Waals surface area contributed by atoms with Crippen LogP contribution in [0.4, 0.5) is 0 Å². The molecule has 0 radical (unpaired) electrons. The average Bonchev–Trinajstić information content (AvgIpc) is 2.87. The molecule has 0 aromatic carbocycles. The maximum atomic E-state index is 10.3. The number of hydrogen-bond donors (Lipinski definition) is 2. The molecular formula is C33H60O4. The minimum absolute atomic E-state index is 0.345. The molecule has 0 amide bonds. The number of hydrogen-bond acceptors (Lipinski definition) is 2. The van der Waals surface area contributed by atoms with Crippen molar-refractivity contribution >= 4 is 11.9 Å². The lowest BCUT2D eigenvalue weighted by molar-refractivity contribution is -0.137. The van der Waals surface area contributed by atoms with E-state index in [0.717, 1.165) is 25.3 Å².